The first-order chi connectivity index (χ1) is 20.5. The lowest BCUT2D eigenvalue weighted by Gasteiger charge is -2.48. The third kappa shape index (κ3) is 5.33. The standard InChI is InChI=1S/C32H41N7O3S/c1-7-8-22-25-16-38(12-11-27(25)42-5)30-29(22)36-32(33)37-31(30)35-28-13-23-21(18(2)3)9-10-26(24(23)14-34-28)39-15-20(19(39)4)17-43(6,40)41/h7,9-10,13-14,19-20,22,25,27H,1-2,8,11-12,15-17H2,3-6H3,(H3,33,34,35,36,37)/t19-,20-,22?,25?,27?/m1/s1. The monoisotopic (exact) mass is 603 g/mol. The van der Waals surface area contributed by atoms with Gasteiger partial charge in [-0.15, -0.1) is 6.58 Å². The van der Waals surface area contributed by atoms with Gasteiger partial charge >= 0.3 is 0 Å². The largest absolute Gasteiger partial charge is 0.381 e. The zero-order valence-electron chi connectivity index (χ0n) is 25.4. The van der Waals surface area contributed by atoms with E-state index in [1.54, 1.807) is 7.11 Å². The van der Waals surface area contributed by atoms with Crippen LogP contribution in [0.4, 0.5) is 29.0 Å². The number of aromatic nitrogens is 3. The summed E-state index contributed by atoms with van der Waals surface area (Å²) < 4.78 is 29.7. The molecular formula is C32H41N7O3S. The first kappa shape index (κ1) is 29.4. The number of ether oxygens (including phenoxy) is 1. The minimum Gasteiger partial charge on any atom is -0.381 e. The van der Waals surface area contributed by atoms with Crippen LogP contribution in [0.25, 0.3) is 16.3 Å². The molecule has 1 aromatic carbocycles. The van der Waals surface area contributed by atoms with Crippen LogP contribution in [-0.2, 0) is 14.6 Å². The Kier molecular flexibility index (Phi) is 7.58. The lowest BCUT2D eigenvalue weighted by atomic mass is 9.75. The molecule has 2 bridgehead atoms. The summed E-state index contributed by atoms with van der Waals surface area (Å²) in [6, 6.07) is 6.33. The van der Waals surface area contributed by atoms with Crippen LogP contribution in [0.5, 0.6) is 0 Å². The smallest absolute Gasteiger partial charge is 0.222 e. The molecule has 3 unspecified atom stereocenters. The van der Waals surface area contributed by atoms with Gasteiger partial charge in [-0.25, -0.2) is 18.4 Å². The summed E-state index contributed by atoms with van der Waals surface area (Å²) in [5.74, 6) is 2.23. The average Bonchev–Trinajstić information content (AvgIpc) is 2.95. The number of nitrogen functional groups attached to an aromatic ring is 1. The van der Waals surface area contributed by atoms with Crippen molar-refractivity contribution in [2.45, 2.75) is 44.8 Å². The molecule has 6 rings (SSSR count). The van der Waals surface area contributed by atoms with Crippen LogP contribution in [0.3, 0.4) is 0 Å². The van der Waals surface area contributed by atoms with Gasteiger partial charge in [0.1, 0.15) is 21.3 Å². The predicted octanol–water partition coefficient (Wildman–Crippen LogP) is 4.77. The molecule has 0 radical (unpaired) electrons. The van der Waals surface area contributed by atoms with Crippen LogP contribution >= 0.6 is 0 Å². The second-order valence-corrected chi connectivity index (χ2v) is 14.6. The minimum absolute atomic E-state index is 0.104. The maximum absolute atomic E-state index is 11.9. The number of allylic oxidation sites excluding steroid dienone is 2. The Morgan fingerprint density at radius 2 is 2.05 bits per heavy atom. The van der Waals surface area contributed by atoms with E-state index in [0.29, 0.717) is 24.1 Å². The topological polar surface area (TPSA) is 127 Å². The zero-order chi connectivity index (χ0) is 30.6. The van der Waals surface area contributed by atoms with Gasteiger partial charge in [-0.05, 0) is 49.8 Å². The van der Waals surface area contributed by atoms with E-state index < -0.39 is 9.84 Å². The number of fused-ring (bicyclic) bond motifs is 5. The Hall–Kier alpha value is -3.70. The number of sulfone groups is 1. The summed E-state index contributed by atoms with van der Waals surface area (Å²) in [7, 11) is -1.25. The van der Waals surface area contributed by atoms with E-state index in [9.17, 15) is 8.42 Å². The van der Waals surface area contributed by atoms with Crippen LogP contribution in [0.2, 0.25) is 0 Å². The van der Waals surface area contributed by atoms with Crippen LogP contribution in [0, 0.1) is 11.8 Å². The molecule has 11 heteroatoms. The van der Waals surface area contributed by atoms with E-state index in [0.717, 1.165) is 64.9 Å². The van der Waals surface area contributed by atoms with Crippen molar-refractivity contribution in [1.82, 2.24) is 15.0 Å². The molecule has 5 heterocycles. The number of piperidine rings is 1. The van der Waals surface area contributed by atoms with Gasteiger partial charge in [0.2, 0.25) is 5.95 Å². The first-order valence-electron chi connectivity index (χ1n) is 14.8. The molecule has 3 aliphatic rings. The highest BCUT2D eigenvalue weighted by molar-refractivity contribution is 7.90. The Morgan fingerprint density at radius 3 is 2.72 bits per heavy atom. The molecule has 3 aromatic rings. The number of benzene rings is 1. The molecule has 2 aromatic heterocycles. The van der Waals surface area contributed by atoms with Gasteiger partial charge in [-0.2, -0.15) is 4.98 Å². The Balaban J connectivity index is 1.38. The number of rotatable bonds is 9. The Labute approximate surface area is 254 Å². The highest BCUT2D eigenvalue weighted by Gasteiger charge is 2.44. The Bertz CT molecular complexity index is 1710. The van der Waals surface area contributed by atoms with Crippen molar-refractivity contribution in [2.75, 3.05) is 59.6 Å². The Morgan fingerprint density at radius 1 is 1.26 bits per heavy atom. The van der Waals surface area contributed by atoms with E-state index in [2.05, 4.69) is 52.3 Å². The maximum atomic E-state index is 11.9. The van der Waals surface area contributed by atoms with Gasteiger partial charge in [0.15, 0.2) is 5.82 Å². The molecule has 5 atom stereocenters. The second-order valence-electron chi connectivity index (χ2n) is 12.4. The lowest BCUT2D eigenvalue weighted by molar-refractivity contribution is 0.0230. The van der Waals surface area contributed by atoms with Crippen molar-refractivity contribution in [3.8, 4) is 0 Å². The molecule has 228 valence electrons. The van der Waals surface area contributed by atoms with E-state index in [-0.39, 0.29) is 35.7 Å². The first-order valence-corrected chi connectivity index (χ1v) is 16.9. The number of pyridine rings is 1. The molecule has 2 saturated heterocycles. The second kappa shape index (κ2) is 11.1. The zero-order valence-corrected chi connectivity index (χ0v) is 26.2. The summed E-state index contributed by atoms with van der Waals surface area (Å²) in [6.45, 7) is 14.7. The predicted molar refractivity (Wildman–Crippen MR) is 175 cm³/mol. The molecule has 0 aliphatic carbocycles. The van der Waals surface area contributed by atoms with E-state index in [1.807, 2.05) is 25.3 Å². The van der Waals surface area contributed by atoms with Crippen molar-refractivity contribution in [2.24, 2.45) is 11.8 Å². The fraction of sp³-hybridized carbons (Fsp3) is 0.469. The number of nitrogens with zero attached hydrogens (tertiary/aromatic N) is 5. The maximum Gasteiger partial charge on any atom is 0.222 e. The summed E-state index contributed by atoms with van der Waals surface area (Å²) in [5, 5.41) is 5.50. The summed E-state index contributed by atoms with van der Waals surface area (Å²) in [6.07, 6.45) is 7.00. The summed E-state index contributed by atoms with van der Waals surface area (Å²) in [5.41, 5.74) is 11.2. The highest BCUT2D eigenvalue weighted by atomic mass is 32.2. The van der Waals surface area contributed by atoms with Gasteiger partial charge < -0.3 is 25.6 Å². The fourth-order valence-electron chi connectivity index (χ4n) is 7.28. The molecule has 3 N–H and O–H groups in total. The van der Waals surface area contributed by atoms with E-state index in [1.165, 1.54) is 6.26 Å². The van der Waals surface area contributed by atoms with Crippen molar-refractivity contribution < 1.29 is 13.2 Å². The van der Waals surface area contributed by atoms with Crippen LogP contribution in [0.15, 0.2) is 43.6 Å². The number of nitrogens with one attached hydrogen (secondary N) is 1. The van der Waals surface area contributed by atoms with Crippen molar-refractivity contribution in [3.63, 3.8) is 0 Å². The molecule has 0 amide bonds. The van der Waals surface area contributed by atoms with Gasteiger partial charge in [-0.3, -0.25) is 0 Å². The minimum atomic E-state index is -3.04. The highest BCUT2D eigenvalue weighted by Crippen LogP contribution is 2.48. The fourth-order valence-corrected chi connectivity index (χ4v) is 8.44. The third-order valence-corrected chi connectivity index (χ3v) is 10.5. The van der Waals surface area contributed by atoms with Crippen LogP contribution in [-0.4, -0.2) is 74.3 Å². The molecular weight excluding hydrogens is 562 g/mol. The number of nitrogens with two attached hydrogens (primary N) is 1. The van der Waals surface area contributed by atoms with Crippen LogP contribution < -0.4 is 20.9 Å². The van der Waals surface area contributed by atoms with Crippen molar-refractivity contribution in [1.29, 1.82) is 0 Å². The third-order valence-electron chi connectivity index (χ3n) is 9.44. The van der Waals surface area contributed by atoms with Crippen molar-refractivity contribution in [3.05, 3.63) is 54.9 Å². The lowest BCUT2D eigenvalue weighted by Crippen LogP contribution is -2.57. The molecule has 0 spiro atoms. The normalized spacial score (nSPS) is 24.8. The molecule has 10 nitrogen and oxygen atoms in total. The van der Waals surface area contributed by atoms with Crippen LogP contribution in [0.1, 0.15) is 43.9 Å². The van der Waals surface area contributed by atoms with Gasteiger partial charge in [0, 0.05) is 74.1 Å². The summed E-state index contributed by atoms with van der Waals surface area (Å²) >= 11 is 0. The quantitative estimate of drug-likeness (QED) is 0.330. The number of anilines is 5. The number of hydrogen-bond donors (Lipinski definition) is 2. The number of hydrogen-bond acceptors (Lipinski definition) is 10. The van der Waals surface area contributed by atoms with Gasteiger partial charge in [0.05, 0.1) is 17.6 Å². The van der Waals surface area contributed by atoms with E-state index in [4.69, 9.17) is 20.4 Å². The average molecular weight is 604 g/mol. The molecule has 2 fully saturated rings. The van der Waals surface area contributed by atoms with E-state index >= 15 is 0 Å². The molecule has 0 saturated carbocycles. The number of methoxy groups -OCH3 is 1. The molecule has 3 aliphatic heterocycles. The summed E-state index contributed by atoms with van der Waals surface area (Å²) in [4.78, 5) is 18.8. The van der Waals surface area contributed by atoms with Gasteiger partial charge in [-0.1, -0.05) is 24.3 Å². The van der Waals surface area contributed by atoms with Gasteiger partial charge in [0.25, 0.3) is 0 Å². The SMILES string of the molecule is C=CCC1c2nc(N)nc(Nc3cc4c(C(=C)C)ccc(N5C[C@H](CS(C)(=O)=O)[C@H]5C)c4cn3)c2N2CCC(OC)C1C2. The molecule has 43 heavy (non-hydrogen) atoms. The van der Waals surface area contributed by atoms with Crippen molar-refractivity contribution >= 4 is 55.1 Å².